The van der Waals surface area contributed by atoms with Gasteiger partial charge >= 0.3 is 59.5 Å². The third-order valence-corrected chi connectivity index (χ3v) is 1.16. The van der Waals surface area contributed by atoms with Crippen LogP contribution in [0.5, 0.6) is 0 Å². The van der Waals surface area contributed by atoms with Crippen molar-refractivity contribution in [2.24, 2.45) is 0 Å². The second kappa shape index (κ2) is 7.11. The van der Waals surface area contributed by atoms with E-state index in [1.807, 2.05) is 0 Å². The Labute approximate surface area is 105 Å². The second-order valence-corrected chi connectivity index (χ2v) is 3.74. The van der Waals surface area contributed by atoms with Crippen LogP contribution in [0.25, 0.3) is 0 Å². The molecule has 0 aliphatic carbocycles. The van der Waals surface area contributed by atoms with Crippen molar-refractivity contribution in [2.75, 3.05) is 0 Å². The van der Waals surface area contributed by atoms with Gasteiger partial charge in [0.1, 0.15) is 0 Å². The van der Waals surface area contributed by atoms with E-state index >= 15 is 0 Å². The summed E-state index contributed by atoms with van der Waals surface area (Å²) in [6.45, 7) is 0. The second-order valence-electron chi connectivity index (χ2n) is 1.41. The third kappa shape index (κ3) is 15.2. The van der Waals surface area contributed by atoms with Crippen molar-refractivity contribution >= 4 is 21.8 Å². The summed E-state index contributed by atoms with van der Waals surface area (Å²) >= 11 is 0. The molecule has 4 N–H and O–H groups in total. The zero-order chi connectivity index (χ0) is 9.99. The van der Waals surface area contributed by atoms with Gasteiger partial charge in [0.05, 0.1) is 0 Å². The van der Waals surface area contributed by atoms with Crippen molar-refractivity contribution in [3.05, 3.63) is 0 Å². The van der Waals surface area contributed by atoms with Gasteiger partial charge in [-0.15, -0.1) is 0 Å². The molecule has 0 aromatic rings. The summed E-state index contributed by atoms with van der Waals surface area (Å²) in [7, 11) is -10.3. The van der Waals surface area contributed by atoms with Gasteiger partial charge in [-0.05, 0) is 0 Å². The Morgan fingerprint density at radius 1 is 0.929 bits per heavy atom. The molecule has 13 heteroatoms. The fourth-order valence-electron chi connectivity index (χ4n) is 0.211. The summed E-state index contributed by atoms with van der Waals surface area (Å²) in [5.41, 5.74) is 0. The van der Waals surface area contributed by atoms with Crippen LogP contribution in [0.2, 0.25) is 0 Å². The number of hydrogen-bond acceptors (Lipinski definition) is 5. The molecule has 0 amide bonds. The van der Waals surface area contributed by atoms with Crippen LogP contribution in [0.1, 0.15) is 2.85 Å². The average molecular weight is 238 g/mol. The number of phosphoric ester groups is 2. The van der Waals surface area contributed by atoms with Crippen LogP contribution in [0.4, 0.5) is 4.79 Å². The van der Waals surface area contributed by atoms with E-state index in [4.69, 9.17) is 19.6 Å². The first-order valence-electron chi connectivity index (χ1n) is 2.14. The Kier molecular flexibility index (Phi) is 10.3. The minimum atomic E-state index is -5.13. The van der Waals surface area contributed by atoms with E-state index in [9.17, 15) is 13.9 Å². The molecular weight excluding hydrogens is 232 g/mol. The van der Waals surface area contributed by atoms with E-state index in [-0.39, 0.29) is 40.6 Å². The van der Waals surface area contributed by atoms with E-state index in [1.165, 1.54) is 0 Å². The van der Waals surface area contributed by atoms with Crippen LogP contribution in [0.15, 0.2) is 0 Å². The number of rotatable bonds is 2. The molecule has 0 saturated heterocycles. The molecule has 0 rings (SSSR count). The fraction of sp³-hybridized carbons (Fsp3) is 0. The largest absolute Gasteiger partial charge is 1.00 e. The van der Waals surface area contributed by atoms with E-state index in [0.717, 1.165) is 0 Å². The molecule has 0 bridgehead atoms. The summed E-state index contributed by atoms with van der Waals surface area (Å²) < 4.78 is 25.9. The normalized spacial score (nSPS) is 10.6. The zero-order valence-corrected chi connectivity index (χ0v) is 9.01. The van der Waals surface area contributed by atoms with Crippen molar-refractivity contribution in [2.45, 2.75) is 0 Å². The Balaban J connectivity index is -0.000000101. The van der Waals surface area contributed by atoms with Crippen molar-refractivity contribution in [1.29, 1.82) is 0 Å². The molecule has 0 aromatic heterocycles. The third-order valence-electron chi connectivity index (χ3n) is 0.387. The molecule has 0 saturated carbocycles. The maximum absolute atomic E-state index is 10.0. The van der Waals surface area contributed by atoms with E-state index in [2.05, 4.69) is 9.05 Å². The van der Waals surface area contributed by atoms with Crippen LogP contribution in [-0.2, 0) is 18.2 Å². The zero-order valence-electron chi connectivity index (χ0n) is 9.22. The van der Waals surface area contributed by atoms with Crippen molar-refractivity contribution in [3.63, 3.8) is 0 Å². The maximum Gasteiger partial charge on any atom is 1.00 e. The minimum absolute atomic E-state index is 0. The Hall–Kier alpha value is 0.765. The number of hydrogen-bond donors (Lipinski definition) is 4. The van der Waals surface area contributed by atoms with Gasteiger partial charge in [-0.1, -0.05) is 0 Å². The van der Waals surface area contributed by atoms with Gasteiger partial charge in [-0.3, -0.25) is 19.6 Å². The summed E-state index contributed by atoms with van der Waals surface area (Å²) in [6, 6.07) is 0. The fourth-order valence-corrected chi connectivity index (χ4v) is 0.733. The van der Waals surface area contributed by atoms with Crippen LogP contribution < -0.4 is 37.7 Å². The molecule has 0 heterocycles. The van der Waals surface area contributed by atoms with Crippen LogP contribution in [0, 0.1) is 0 Å². The molecule has 0 aliphatic rings. The van der Waals surface area contributed by atoms with Gasteiger partial charge in [0.15, 0.2) is 0 Å². The van der Waals surface area contributed by atoms with E-state index in [0.29, 0.717) is 0 Å². The molecule has 0 radical (unpaired) electrons. The molecule has 0 spiro atoms. The molecular formula is CH6Li2O9P2. The van der Waals surface area contributed by atoms with Gasteiger partial charge in [-0.2, -0.15) is 0 Å². The molecule has 0 aliphatic heterocycles. The predicted molar refractivity (Wildman–Crippen MR) is 33.9 cm³/mol. The molecule has 0 fully saturated rings. The Bertz CT molecular complexity index is 245. The van der Waals surface area contributed by atoms with Crippen LogP contribution >= 0.6 is 15.6 Å². The van der Waals surface area contributed by atoms with Crippen LogP contribution in [0.3, 0.4) is 0 Å². The van der Waals surface area contributed by atoms with Gasteiger partial charge in [-0.25, -0.2) is 13.9 Å². The van der Waals surface area contributed by atoms with Gasteiger partial charge in [0.25, 0.3) is 0 Å². The topological polar surface area (TPSA) is 151 Å². The molecule has 76 valence electrons. The molecule has 14 heavy (non-hydrogen) atoms. The molecule has 0 unspecified atom stereocenters. The van der Waals surface area contributed by atoms with Crippen molar-refractivity contribution in [3.8, 4) is 0 Å². The summed E-state index contributed by atoms with van der Waals surface area (Å²) in [5, 5.41) is 0. The van der Waals surface area contributed by atoms with Crippen molar-refractivity contribution < 1.29 is 83.1 Å². The monoisotopic (exact) mass is 238 g/mol. The smallest absolute Gasteiger partial charge is 1.00 e. The van der Waals surface area contributed by atoms with E-state index < -0.39 is 21.8 Å². The first-order chi connectivity index (χ1) is 5.10. The quantitative estimate of drug-likeness (QED) is 0.271. The minimum Gasteiger partial charge on any atom is -1.00 e. The average Bonchev–Trinajstić information content (AvgIpc) is 1.49. The molecule has 0 aromatic carbocycles. The predicted octanol–water partition coefficient (Wildman–Crippen LogP) is -6.44. The SMILES string of the molecule is O=C(OP(=O)(O)O)OP(=O)(O)O.[H-].[H-].[Li+].[Li+]. The van der Waals surface area contributed by atoms with Crippen LogP contribution in [-0.4, -0.2) is 25.7 Å². The molecule has 0 atom stereocenters. The number of phosphoric acid groups is 2. The first kappa shape index (κ1) is 20.2. The first-order valence-corrected chi connectivity index (χ1v) is 5.20. The Morgan fingerprint density at radius 2 is 1.14 bits per heavy atom. The maximum atomic E-state index is 10.0. The van der Waals surface area contributed by atoms with Gasteiger partial charge in [0.2, 0.25) is 0 Å². The summed E-state index contributed by atoms with van der Waals surface area (Å²) in [6.07, 6.45) is -2.14. The van der Waals surface area contributed by atoms with Crippen molar-refractivity contribution in [1.82, 2.24) is 0 Å². The summed E-state index contributed by atoms with van der Waals surface area (Å²) in [4.78, 5) is 41.7. The van der Waals surface area contributed by atoms with Gasteiger partial charge in [0, 0.05) is 0 Å². The van der Waals surface area contributed by atoms with Gasteiger partial charge < -0.3 is 11.9 Å². The molecule has 9 nitrogen and oxygen atoms in total. The number of carbonyl (C=O) groups excluding carboxylic acids is 1. The summed E-state index contributed by atoms with van der Waals surface area (Å²) in [5.74, 6) is 0. The standard InChI is InChI=1S/CH4O9P2.2Li.2H/c2-1(9-11(3,4)5)10-12(6,7)8;;;;/h(H2,3,4,5)(H2,6,7,8);;;;/q;2*+1;2*-1. The number of carbonyl (C=O) groups is 1. The van der Waals surface area contributed by atoms with E-state index in [1.54, 1.807) is 0 Å². The Morgan fingerprint density at radius 3 is 1.29 bits per heavy atom.